The fourth-order valence-corrected chi connectivity index (χ4v) is 2.16. The molecule has 2 aromatic carbocycles. The number of rotatable bonds is 2. The van der Waals surface area contributed by atoms with Crippen LogP contribution in [0, 0.1) is 5.82 Å². The van der Waals surface area contributed by atoms with Crippen molar-refractivity contribution in [3.05, 3.63) is 51.2 Å². The second-order valence-corrected chi connectivity index (χ2v) is 4.79. The lowest BCUT2D eigenvalue weighted by atomic mass is 10.1. The molecule has 0 aliphatic carbocycles. The van der Waals surface area contributed by atoms with Crippen molar-refractivity contribution < 1.29 is 9.13 Å². The van der Waals surface area contributed by atoms with E-state index in [4.69, 9.17) is 39.5 Å². The minimum atomic E-state index is -0.413. The Morgan fingerprint density at radius 2 is 1.61 bits per heavy atom. The van der Waals surface area contributed by atoms with Crippen molar-refractivity contribution in [2.45, 2.75) is 0 Å². The third kappa shape index (κ3) is 2.56. The molecule has 0 aliphatic rings. The van der Waals surface area contributed by atoms with Crippen molar-refractivity contribution in [2.24, 2.45) is 0 Å². The van der Waals surface area contributed by atoms with Crippen LogP contribution in [0.2, 0.25) is 15.1 Å². The van der Waals surface area contributed by atoms with Crippen LogP contribution in [0.3, 0.4) is 0 Å². The number of hydrogen-bond donors (Lipinski definition) is 0. The first-order valence-corrected chi connectivity index (χ1v) is 6.14. The van der Waals surface area contributed by atoms with Gasteiger partial charge in [0.1, 0.15) is 11.6 Å². The van der Waals surface area contributed by atoms with Crippen molar-refractivity contribution in [3.8, 4) is 16.9 Å². The Labute approximate surface area is 119 Å². The third-order valence-corrected chi connectivity index (χ3v) is 3.67. The zero-order valence-electron chi connectivity index (χ0n) is 9.31. The van der Waals surface area contributed by atoms with E-state index >= 15 is 0 Å². The predicted molar refractivity (Wildman–Crippen MR) is 73.4 cm³/mol. The molecule has 5 heteroatoms. The van der Waals surface area contributed by atoms with Crippen LogP contribution >= 0.6 is 34.8 Å². The standard InChI is InChI=1S/C13H8Cl3FO/c1-18-8-2-3-9(12(17)6-8)7-4-10(14)13(16)11(15)5-7/h2-6H,1H3. The molecule has 0 bridgehead atoms. The fraction of sp³-hybridized carbons (Fsp3) is 0.0769. The largest absolute Gasteiger partial charge is 0.497 e. The van der Waals surface area contributed by atoms with Gasteiger partial charge < -0.3 is 4.74 Å². The average molecular weight is 306 g/mol. The smallest absolute Gasteiger partial charge is 0.134 e. The molecule has 0 N–H and O–H groups in total. The van der Waals surface area contributed by atoms with Gasteiger partial charge in [-0.05, 0) is 29.8 Å². The van der Waals surface area contributed by atoms with E-state index in [0.29, 0.717) is 16.9 Å². The maximum absolute atomic E-state index is 13.9. The monoisotopic (exact) mass is 304 g/mol. The number of halogens is 4. The number of hydrogen-bond acceptors (Lipinski definition) is 1. The Hall–Kier alpha value is -0.960. The molecule has 0 amide bonds. The highest BCUT2D eigenvalue weighted by molar-refractivity contribution is 6.48. The lowest BCUT2D eigenvalue weighted by molar-refractivity contribution is 0.411. The molecule has 1 nitrogen and oxygen atoms in total. The molecule has 2 rings (SSSR count). The summed E-state index contributed by atoms with van der Waals surface area (Å²) in [6.45, 7) is 0. The molecule has 0 unspecified atom stereocenters. The van der Waals surface area contributed by atoms with Gasteiger partial charge in [0, 0.05) is 11.6 Å². The molecule has 0 saturated carbocycles. The summed E-state index contributed by atoms with van der Waals surface area (Å²) in [7, 11) is 1.48. The van der Waals surface area contributed by atoms with E-state index in [1.807, 2.05) is 0 Å². The van der Waals surface area contributed by atoms with Crippen molar-refractivity contribution in [3.63, 3.8) is 0 Å². The van der Waals surface area contributed by atoms with Gasteiger partial charge in [-0.15, -0.1) is 0 Å². The SMILES string of the molecule is COc1ccc(-c2cc(Cl)c(Cl)c(Cl)c2)c(F)c1. The van der Waals surface area contributed by atoms with Gasteiger partial charge in [0.15, 0.2) is 0 Å². The van der Waals surface area contributed by atoms with Crippen LogP contribution in [0.5, 0.6) is 5.75 Å². The highest BCUT2D eigenvalue weighted by atomic mass is 35.5. The molecule has 0 aliphatic heterocycles. The van der Waals surface area contributed by atoms with Gasteiger partial charge in [-0.3, -0.25) is 0 Å². The van der Waals surface area contributed by atoms with Crippen LogP contribution in [-0.2, 0) is 0 Å². The van der Waals surface area contributed by atoms with Crippen LogP contribution in [0.25, 0.3) is 11.1 Å². The Kier molecular flexibility index (Phi) is 4.00. The number of benzene rings is 2. The molecule has 0 aromatic heterocycles. The van der Waals surface area contributed by atoms with E-state index in [1.54, 1.807) is 24.3 Å². The molecular weight excluding hydrogens is 297 g/mol. The Bertz CT molecular complexity index is 576. The van der Waals surface area contributed by atoms with E-state index in [0.717, 1.165) is 0 Å². The number of ether oxygens (including phenoxy) is 1. The minimum Gasteiger partial charge on any atom is -0.497 e. The van der Waals surface area contributed by atoms with Gasteiger partial charge in [0.05, 0.1) is 22.2 Å². The summed E-state index contributed by atoms with van der Waals surface area (Å²) in [6.07, 6.45) is 0. The molecule has 0 fully saturated rings. The second-order valence-electron chi connectivity index (χ2n) is 3.60. The number of methoxy groups -OCH3 is 1. The molecule has 0 heterocycles. The summed E-state index contributed by atoms with van der Waals surface area (Å²) in [6, 6.07) is 7.70. The first-order valence-electron chi connectivity index (χ1n) is 5.01. The first-order chi connectivity index (χ1) is 8.52. The minimum absolute atomic E-state index is 0.260. The maximum Gasteiger partial charge on any atom is 0.134 e. The first kappa shape index (κ1) is 13.5. The zero-order valence-corrected chi connectivity index (χ0v) is 11.6. The molecule has 0 saturated heterocycles. The van der Waals surface area contributed by atoms with Gasteiger partial charge in [-0.25, -0.2) is 4.39 Å². The lowest BCUT2D eigenvalue weighted by Crippen LogP contribution is -1.88. The van der Waals surface area contributed by atoms with Crippen molar-refractivity contribution in [1.82, 2.24) is 0 Å². The quantitative estimate of drug-likeness (QED) is 0.669. The van der Waals surface area contributed by atoms with Gasteiger partial charge in [-0.2, -0.15) is 0 Å². The van der Waals surface area contributed by atoms with Crippen LogP contribution in [-0.4, -0.2) is 7.11 Å². The van der Waals surface area contributed by atoms with Gasteiger partial charge in [0.25, 0.3) is 0 Å². The average Bonchev–Trinajstić information content (AvgIpc) is 2.35. The third-order valence-electron chi connectivity index (χ3n) is 2.47. The van der Waals surface area contributed by atoms with Crippen LogP contribution < -0.4 is 4.74 Å². The summed E-state index contributed by atoms with van der Waals surface area (Å²) in [5, 5.41) is 0.833. The summed E-state index contributed by atoms with van der Waals surface area (Å²) < 4.78 is 18.8. The Morgan fingerprint density at radius 3 is 2.11 bits per heavy atom. The van der Waals surface area contributed by atoms with E-state index in [2.05, 4.69) is 0 Å². The maximum atomic E-state index is 13.9. The molecule has 0 atom stereocenters. The summed E-state index contributed by atoms with van der Waals surface area (Å²) in [4.78, 5) is 0. The summed E-state index contributed by atoms with van der Waals surface area (Å²) in [5.74, 6) is 0.0335. The van der Waals surface area contributed by atoms with E-state index in [-0.39, 0.29) is 15.1 Å². The molecule has 2 aromatic rings. The molecular formula is C13H8Cl3FO. The summed E-state index contributed by atoms with van der Waals surface area (Å²) >= 11 is 17.7. The summed E-state index contributed by atoms with van der Waals surface area (Å²) in [5.41, 5.74) is 0.950. The molecule has 94 valence electrons. The van der Waals surface area contributed by atoms with Crippen LogP contribution in [0.1, 0.15) is 0 Å². The van der Waals surface area contributed by atoms with Crippen LogP contribution in [0.4, 0.5) is 4.39 Å². The molecule has 0 spiro atoms. The lowest BCUT2D eigenvalue weighted by Gasteiger charge is -2.08. The normalized spacial score (nSPS) is 10.5. The van der Waals surface area contributed by atoms with Crippen LogP contribution in [0.15, 0.2) is 30.3 Å². The highest BCUT2D eigenvalue weighted by Gasteiger charge is 2.11. The van der Waals surface area contributed by atoms with Crippen molar-refractivity contribution >= 4 is 34.8 Å². The topological polar surface area (TPSA) is 9.23 Å². The van der Waals surface area contributed by atoms with Crippen molar-refractivity contribution in [2.75, 3.05) is 7.11 Å². The highest BCUT2D eigenvalue weighted by Crippen LogP contribution is 2.36. The van der Waals surface area contributed by atoms with Gasteiger partial charge in [-0.1, -0.05) is 34.8 Å². The van der Waals surface area contributed by atoms with Crippen molar-refractivity contribution in [1.29, 1.82) is 0 Å². The van der Waals surface area contributed by atoms with Gasteiger partial charge in [0.2, 0.25) is 0 Å². The van der Waals surface area contributed by atoms with E-state index in [9.17, 15) is 4.39 Å². The van der Waals surface area contributed by atoms with E-state index < -0.39 is 5.82 Å². The molecule has 18 heavy (non-hydrogen) atoms. The van der Waals surface area contributed by atoms with E-state index in [1.165, 1.54) is 13.2 Å². The zero-order chi connectivity index (χ0) is 13.3. The van der Waals surface area contributed by atoms with Gasteiger partial charge >= 0.3 is 0 Å². The Morgan fingerprint density at radius 1 is 1.00 bits per heavy atom. The predicted octanol–water partition coefficient (Wildman–Crippen LogP) is 5.46. The Balaban J connectivity index is 2.55. The second kappa shape index (κ2) is 5.35. The molecule has 0 radical (unpaired) electrons. The fourth-order valence-electron chi connectivity index (χ4n) is 1.57.